The molecule has 2 nitrogen and oxygen atoms in total. The minimum Gasteiger partial charge on any atom is -0.254 e. The number of benzene rings is 2. The lowest BCUT2D eigenvalue weighted by atomic mass is 9.67. The number of pyridine rings is 2. The minimum absolute atomic E-state index is 0.416. The predicted molar refractivity (Wildman–Crippen MR) is 118 cm³/mol. The Morgan fingerprint density at radius 1 is 0.552 bits per heavy atom. The Morgan fingerprint density at radius 3 is 1.41 bits per heavy atom. The van der Waals surface area contributed by atoms with Crippen LogP contribution in [-0.4, -0.2) is 9.97 Å². The first-order valence-corrected chi connectivity index (χ1v) is 10.1. The Balaban J connectivity index is 2.01. The van der Waals surface area contributed by atoms with E-state index in [0.29, 0.717) is 0 Å². The summed E-state index contributed by atoms with van der Waals surface area (Å²) in [5, 5.41) is 0. The van der Waals surface area contributed by atoms with Crippen LogP contribution in [0.3, 0.4) is 0 Å². The summed E-state index contributed by atoms with van der Waals surface area (Å²) >= 11 is 0. The average Bonchev–Trinajstić information content (AvgIpc) is 2.97. The molecule has 0 radical (unpaired) electrons. The van der Waals surface area contributed by atoms with Crippen LogP contribution in [0.15, 0.2) is 73.1 Å². The van der Waals surface area contributed by atoms with E-state index >= 15 is 0 Å². The van der Waals surface area contributed by atoms with Crippen molar-refractivity contribution in [2.75, 3.05) is 0 Å². The number of aryl methyl sites for hydroxylation is 4. The van der Waals surface area contributed by atoms with E-state index in [1.54, 1.807) is 0 Å². The van der Waals surface area contributed by atoms with Crippen LogP contribution >= 0.6 is 0 Å². The van der Waals surface area contributed by atoms with Gasteiger partial charge >= 0.3 is 0 Å². The molecule has 0 amide bonds. The van der Waals surface area contributed by atoms with Crippen LogP contribution in [0.4, 0.5) is 0 Å². The zero-order valence-corrected chi connectivity index (χ0v) is 17.3. The van der Waals surface area contributed by atoms with Crippen molar-refractivity contribution in [1.82, 2.24) is 9.97 Å². The first-order chi connectivity index (χ1) is 14.0. The molecule has 29 heavy (non-hydrogen) atoms. The molecule has 0 saturated heterocycles. The number of fused-ring (bicyclic) bond motifs is 3. The maximum Gasteiger partial charge on any atom is 0.0937 e. The third-order valence-electron chi connectivity index (χ3n) is 5.98. The van der Waals surface area contributed by atoms with Crippen LogP contribution in [0, 0.1) is 27.7 Å². The molecule has 0 saturated carbocycles. The molecule has 0 unspecified atom stereocenters. The maximum absolute atomic E-state index is 4.86. The number of nitrogens with zero attached hydrogens (tertiary/aromatic N) is 2. The Hall–Kier alpha value is -3.26. The number of hydrogen-bond acceptors (Lipinski definition) is 2. The normalized spacial score (nSPS) is 13.8. The van der Waals surface area contributed by atoms with E-state index in [1.807, 2.05) is 12.4 Å². The highest BCUT2D eigenvalue weighted by molar-refractivity contribution is 5.82. The van der Waals surface area contributed by atoms with Gasteiger partial charge in [0.05, 0.1) is 16.8 Å². The molecule has 0 atom stereocenters. The summed E-state index contributed by atoms with van der Waals surface area (Å²) < 4.78 is 0. The Morgan fingerprint density at radius 2 is 1.00 bits per heavy atom. The second kappa shape index (κ2) is 6.38. The van der Waals surface area contributed by atoms with Crippen molar-refractivity contribution in [2.45, 2.75) is 33.1 Å². The molecule has 1 aliphatic rings. The van der Waals surface area contributed by atoms with Crippen LogP contribution in [-0.2, 0) is 5.41 Å². The van der Waals surface area contributed by atoms with Crippen molar-refractivity contribution in [1.29, 1.82) is 0 Å². The van der Waals surface area contributed by atoms with Gasteiger partial charge in [-0.3, -0.25) is 9.97 Å². The Kier molecular flexibility index (Phi) is 3.92. The third-order valence-corrected chi connectivity index (χ3v) is 5.98. The SMILES string of the molecule is Cc1cccc(C2(c3cccc(C)c3)c3cc(C)cnc3-c3ncc(C)cc32)c1. The van der Waals surface area contributed by atoms with Crippen molar-refractivity contribution in [3.05, 3.63) is 118 Å². The van der Waals surface area contributed by atoms with E-state index in [9.17, 15) is 0 Å². The lowest BCUT2D eigenvalue weighted by Crippen LogP contribution is -2.29. The third kappa shape index (κ3) is 2.56. The molecule has 0 N–H and O–H groups in total. The molecule has 2 heterocycles. The minimum atomic E-state index is -0.416. The summed E-state index contributed by atoms with van der Waals surface area (Å²) in [5.74, 6) is 0. The van der Waals surface area contributed by atoms with Crippen LogP contribution in [0.25, 0.3) is 11.4 Å². The Bertz CT molecular complexity index is 1150. The van der Waals surface area contributed by atoms with E-state index < -0.39 is 5.41 Å². The first-order valence-electron chi connectivity index (χ1n) is 10.1. The van der Waals surface area contributed by atoms with E-state index in [2.05, 4.69) is 88.4 Å². The quantitative estimate of drug-likeness (QED) is 0.373. The second-order valence-corrected chi connectivity index (χ2v) is 8.31. The van der Waals surface area contributed by atoms with Gasteiger partial charge in [-0.15, -0.1) is 0 Å². The first kappa shape index (κ1) is 17.8. The lowest BCUT2D eigenvalue weighted by Gasteiger charge is -2.34. The maximum atomic E-state index is 4.86. The van der Waals surface area contributed by atoms with E-state index in [0.717, 1.165) is 22.5 Å². The molecular weight excluding hydrogens is 352 g/mol. The number of aromatic nitrogens is 2. The van der Waals surface area contributed by atoms with Crippen LogP contribution in [0.5, 0.6) is 0 Å². The summed E-state index contributed by atoms with van der Waals surface area (Å²) in [4.78, 5) is 9.72. The van der Waals surface area contributed by atoms with Gasteiger partial charge in [-0.2, -0.15) is 0 Å². The molecule has 142 valence electrons. The number of rotatable bonds is 2. The largest absolute Gasteiger partial charge is 0.254 e. The van der Waals surface area contributed by atoms with E-state index in [-0.39, 0.29) is 0 Å². The zero-order chi connectivity index (χ0) is 20.2. The second-order valence-electron chi connectivity index (χ2n) is 8.31. The fourth-order valence-electron chi connectivity index (χ4n) is 4.78. The average molecular weight is 377 g/mol. The van der Waals surface area contributed by atoms with E-state index in [4.69, 9.17) is 9.97 Å². The summed E-state index contributed by atoms with van der Waals surface area (Å²) in [6, 6.07) is 22.3. The van der Waals surface area contributed by atoms with Gasteiger partial charge in [0.25, 0.3) is 0 Å². The highest BCUT2D eigenvalue weighted by atomic mass is 14.8. The van der Waals surface area contributed by atoms with E-state index in [1.165, 1.54) is 33.4 Å². The molecule has 2 heteroatoms. The molecule has 1 aliphatic carbocycles. The topological polar surface area (TPSA) is 25.8 Å². The van der Waals surface area contributed by atoms with Gasteiger partial charge in [-0.1, -0.05) is 71.8 Å². The zero-order valence-electron chi connectivity index (χ0n) is 17.3. The lowest BCUT2D eigenvalue weighted by molar-refractivity contribution is 0.760. The number of hydrogen-bond donors (Lipinski definition) is 0. The molecule has 5 rings (SSSR count). The van der Waals surface area contributed by atoms with Gasteiger partial charge in [0, 0.05) is 12.4 Å². The van der Waals surface area contributed by atoms with Gasteiger partial charge in [-0.25, -0.2) is 0 Å². The standard InChI is InChI=1S/C27H24N2/c1-17-7-5-9-21(11-17)27(22-10-6-8-18(2)12-22)23-13-19(3)15-28-25(23)26-24(27)14-20(4)16-29-26/h5-16H,1-4H3. The highest BCUT2D eigenvalue weighted by Gasteiger charge is 2.48. The van der Waals surface area contributed by atoms with Gasteiger partial charge in [-0.05, 0) is 61.1 Å². The summed E-state index contributed by atoms with van der Waals surface area (Å²) in [7, 11) is 0. The molecule has 0 spiro atoms. The van der Waals surface area contributed by atoms with Crippen LogP contribution in [0.1, 0.15) is 44.5 Å². The van der Waals surface area contributed by atoms with Crippen molar-refractivity contribution >= 4 is 0 Å². The van der Waals surface area contributed by atoms with Crippen molar-refractivity contribution in [2.24, 2.45) is 0 Å². The van der Waals surface area contributed by atoms with Gasteiger partial charge in [0.1, 0.15) is 0 Å². The summed E-state index contributed by atoms with van der Waals surface area (Å²) in [6.45, 7) is 8.55. The molecular formula is C27H24N2. The van der Waals surface area contributed by atoms with Gasteiger partial charge in [0.15, 0.2) is 0 Å². The van der Waals surface area contributed by atoms with Crippen LogP contribution < -0.4 is 0 Å². The van der Waals surface area contributed by atoms with Gasteiger partial charge in [0.2, 0.25) is 0 Å². The molecule has 0 bridgehead atoms. The van der Waals surface area contributed by atoms with Crippen molar-refractivity contribution < 1.29 is 0 Å². The Labute approximate surface area is 172 Å². The highest BCUT2D eigenvalue weighted by Crippen LogP contribution is 2.55. The monoisotopic (exact) mass is 376 g/mol. The summed E-state index contributed by atoms with van der Waals surface area (Å²) in [6.07, 6.45) is 3.90. The predicted octanol–water partition coefficient (Wildman–Crippen LogP) is 6.07. The molecule has 2 aromatic heterocycles. The van der Waals surface area contributed by atoms with Crippen LogP contribution in [0.2, 0.25) is 0 Å². The van der Waals surface area contributed by atoms with Gasteiger partial charge < -0.3 is 0 Å². The smallest absolute Gasteiger partial charge is 0.0937 e. The fourth-order valence-corrected chi connectivity index (χ4v) is 4.78. The molecule has 4 aromatic rings. The van der Waals surface area contributed by atoms with Crippen molar-refractivity contribution in [3.8, 4) is 11.4 Å². The summed E-state index contributed by atoms with van der Waals surface area (Å²) in [5.41, 5.74) is 11.4. The molecule has 0 fully saturated rings. The fraction of sp³-hybridized carbons (Fsp3) is 0.185. The molecule has 2 aromatic carbocycles. The molecule has 0 aliphatic heterocycles. The van der Waals surface area contributed by atoms with Crippen molar-refractivity contribution in [3.63, 3.8) is 0 Å².